The maximum Gasteiger partial charge on any atom is 0.300 e. The fraction of sp³-hybridized carbons (Fsp3) is 0.167. The van der Waals surface area contributed by atoms with Crippen molar-refractivity contribution in [3.63, 3.8) is 0 Å². The van der Waals surface area contributed by atoms with E-state index >= 15 is 0 Å². The van der Waals surface area contributed by atoms with Crippen molar-refractivity contribution in [3.8, 4) is 11.5 Å². The molecule has 158 valence electrons. The van der Waals surface area contributed by atoms with Crippen LogP contribution in [0, 0.1) is 6.92 Å². The lowest BCUT2D eigenvalue weighted by molar-refractivity contribution is -0.132. The van der Waals surface area contributed by atoms with Crippen LogP contribution in [-0.2, 0) is 9.59 Å². The Morgan fingerprint density at radius 3 is 2.32 bits per heavy atom. The summed E-state index contributed by atoms with van der Waals surface area (Å²) in [7, 11) is 3.05. The number of carbonyl (C=O) groups is 2. The van der Waals surface area contributed by atoms with E-state index in [0.717, 1.165) is 10.4 Å². The number of para-hydroxylation sites is 1. The van der Waals surface area contributed by atoms with E-state index in [1.165, 1.54) is 23.3 Å². The standard InChI is InChI=1S/C24H21NO5S/c1-14-12-13-31-23(14)20-19(21(26)17-6-4-5-7-18(17)30-3)22(27)24(28)25(20)15-8-10-16(29-2)11-9-15/h4-13,20,26H,1-3H3/b21-19+. The number of ketones is 1. The molecule has 1 fully saturated rings. The number of nitrogens with zero attached hydrogens (tertiary/aromatic N) is 1. The Morgan fingerprint density at radius 2 is 1.71 bits per heavy atom. The average Bonchev–Trinajstić information content (AvgIpc) is 3.33. The molecule has 0 saturated carbocycles. The van der Waals surface area contributed by atoms with Crippen molar-refractivity contribution >= 4 is 34.5 Å². The molecule has 31 heavy (non-hydrogen) atoms. The molecular formula is C24H21NO5S. The number of aliphatic hydroxyl groups is 1. The Hall–Kier alpha value is -3.58. The lowest BCUT2D eigenvalue weighted by Gasteiger charge is -2.25. The summed E-state index contributed by atoms with van der Waals surface area (Å²) in [6.07, 6.45) is 0. The van der Waals surface area contributed by atoms with E-state index in [2.05, 4.69) is 0 Å². The summed E-state index contributed by atoms with van der Waals surface area (Å²) in [4.78, 5) is 28.6. The van der Waals surface area contributed by atoms with Gasteiger partial charge in [-0.3, -0.25) is 14.5 Å². The number of rotatable bonds is 5. The fourth-order valence-electron chi connectivity index (χ4n) is 3.74. The van der Waals surface area contributed by atoms with Gasteiger partial charge in [0.15, 0.2) is 0 Å². The Bertz CT molecular complexity index is 1180. The van der Waals surface area contributed by atoms with Crippen molar-refractivity contribution in [1.82, 2.24) is 0 Å². The van der Waals surface area contributed by atoms with Crippen LogP contribution in [0.1, 0.15) is 22.0 Å². The van der Waals surface area contributed by atoms with Gasteiger partial charge in [-0.05, 0) is 60.3 Å². The molecule has 0 bridgehead atoms. The predicted octanol–water partition coefficient (Wildman–Crippen LogP) is 4.70. The van der Waals surface area contributed by atoms with Gasteiger partial charge in [-0.1, -0.05) is 12.1 Å². The fourth-order valence-corrected chi connectivity index (χ4v) is 4.76. The van der Waals surface area contributed by atoms with Gasteiger partial charge in [0.1, 0.15) is 23.3 Å². The number of methoxy groups -OCH3 is 2. The van der Waals surface area contributed by atoms with Crippen LogP contribution in [0.15, 0.2) is 65.6 Å². The number of anilines is 1. The Kier molecular flexibility index (Phi) is 5.52. The quantitative estimate of drug-likeness (QED) is 0.357. The largest absolute Gasteiger partial charge is 0.507 e. The van der Waals surface area contributed by atoms with Gasteiger partial charge >= 0.3 is 0 Å². The first-order valence-corrected chi connectivity index (χ1v) is 10.5. The molecule has 1 atom stereocenters. The molecule has 0 spiro atoms. The van der Waals surface area contributed by atoms with Gasteiger partial charge in [0.05, 0.1) is 25.4 Å². The lowest BCUT2D eigenvalue weighted by atomic mass is 9.98. The van der Waals surface area contributed by atoms with Crippen LogP contribution < -0.4 is 14.4 Å². The molecule has 1 amide bonds. The highest BCUT2D eigenvalue weighted by Crippen LogP contribution is 2.45. The van der Waals surface area contributed by atoms with Gasteiger partial charge in [0.25, 0.3) is 11.7 Å². The Balaban J connectivity index is 1.95. The first kappa shape index (κ1) is 20.7. The molecule has 7 heteroatoms. The Labute approximate surface area is 184 Å². The van der Waals surface area contributed by atoms with Crippen LogP contribution in [0.2, 0.25) is 0 Å². The second kappa shape index (κ2) is 8.28. The molecule has 2 aromatic carbocycles. The maximum absolute atomic E-state index is 13.2. The first-order chi connectivity index (χ1) is 15.0. The number of Topliss-reactive ketones (excluding diaryl/α,β-unsaturated/α-hetero) is 1. The number of thiophene rings is 1. The molecule has 1 unspecified atom stereocenters. The summed E-state index contributed by atoms with van der Waals surface area (Å²) < 4.78 is 10.6. The predicted molar refractivity (Wildman–Crippen MR) is 120 cm³/mol. The number of amides is 1. The number of benzene rings is 2. The normalized spacial score (nSPS) is 17.8. The van der Waals surface area contributed by atoms with E-state index in [-0.39, 0.29) is 11.3 Å². The zero-order valence-corrected chi connectivity index (χ0v) is 18.1. The number of ether oxygens (including phenoxy) is 2. The van der Waals surface area contributed by atoms with E-state index in [0.29, 0.717) is 22.7 Å². The second-order valence-corrected chi connectivity index (χ2v) is 7.98. The average molecular weight is 436 g/mol. The van der Waals surface area contributed by atoms with Crippen LogP contribution in [-0.4, -0.2) is 31.0 Å². The minimum atomic E-state index is -0.752. The van der Waals surface area contributed by atoms with E-state index in [1.807, 2.05) is 18.4 Å². The molecule has 0 aliphatic carbocycles. The zero-order chi connectivity index (χ0) is 22.1. The monoisotopic (exact) mass is 435 g/mol. The highest BCUT2D eigenvalue weighted by Gasteiger charge is 2.48. The van der Waals surface area contributed by atoms with Crippen molar-refractivity contribution < 1.29 is 24.2 Å². The van der Waals surface area contributed by atoms with Crippen LogP contribution in [0.3, 0.4) is 0 Å². The summed E-state index contributed by atoms with van der Waals surface area (Å²) in [5.41, 5.74) is 1.87. The van der Waals surface area contributed by atoms with E-state index in [1.54, 1.807) is 55.6 Å². The molecule has 1 saturated heterocycles. The third-order valence-corrected chi connectivity index (χ3v) is 6.38. The van der Waals surface area contributed by atoms with Crippen molar-refractivity contribution in [2.24, 2.45) is 0 Å². The summed E-state index contributed by atoms with van der Waals surface area (Å²) in [6.45, 7) is 1.92. The topological polar surface area (TPSA) is 76.1 Å². The summed E-state index contributed by atoms with van der Waals surface area (Å²) in [5.74, 6) is -0.642. The van der Waals surface area contributed by atoms with Gasteiger partial charge in [-0.2, -0.15) is 0 Å². The highest BCUT2D eigenvalue weighted by molar-refractivity contribution is 7.10. The Morgan fingerprint density at radius 1 is 1.00 bits per heavy atom. The first-order valence-electron chi connectivity index (χ1n) is 9.60. The number of aliphatic hydroxyl groups excluding tert-OH is 1. The SMILES string of the molecule is COc1ccc(N2C(=O)C(=O)/C(=C(/O)c3ccccc3OC)C2c2sccc2C)cc1. The lowest BCUT2D eigenvalue weighted by Crippen LogP contribution is -2.29. The van der Waals surface area contributed by atoms with E-state index < -0.39 is 17.7 Å². The summed E-state index contributed by atoms with van der Waals surface area (Å²) in [5, 5.41) is 13.1. The zero-order valence-electron chi connectivity index (χ0n) is 17.3. The number of hydrogen-bond acceptors (Lipinski definition) is 6. The third kappa shape index (κ3) is 3.47. The van der Waals surface area contributed by atoms with E-state index in [9.17, 15) is 14.7 Å². The molecule has 1 aliphatic rings. The van der Waals surface area contributed by atoms with Crippen LogP contribution in [0.4, 0.5) is 5.69 Å². The third-order valence-electron chi connectivity index (χ3n) is 5.31. The number of carbonyl (C=O) groups excluding carboxylic acids is 2. The minimum absolute atomic E-state index is 0.0378. The van der Waals surface area contributed by atoms with Crippen molar-refractivity contribution in [3.05, 3.63) is 81.6 Å². The molecule has 4 rings (SSSR count). The maximum atomic E-state index is 13.2. The molecule has 1 aromatic heterocycles. The van der Waals surface area contributed by atoms with Gasteiger partial charge in [0, 0.05) is 10.6 Å². The van der Waals surface area contributed by atoms with E-state index in [4.69, 9.17) is 9.47 Å². The molecule has 2 heterocycles. The van der Waals surface area contributed by atoms with Gasteiger partial charge in [-0.25, -0.2) is 0 Å². The smallest absolute Gasteiger partial charge is 0.300 e. The molecular weight excluding hydrogens is 414 g/mol. The summed E-state index contributed by atoms with van der Waals surface area (Å²) in [6, 6.07) is 14.9. The molecule has 3 aromatic rings. The van der Waals surface area contributed by atoms with Gasteiger partial charge < -0.3 is 14.6 Å². The molecule has 1 N–H and O–H groups in total. The van der Waals surface area contributed by atoms with Crippen molar-refractivity contribution in [2.45, 2.75) is 13.0 Å². The van der Waals surface area contributed by atoms with Gasteiger partial charge in [0.2, 0.25) is 0 Å². The second-order valence-electron chi connectivity index (χ2n) is 7.04. The van der Waals surface area contributed by atoms with Gasteiger partial charge in [-0.15, -0.1) is 11.3 Å². The molecule has 0 radical (unpaired) electrons. The van der Waals surface area contributed by atoms with Crippen molar-refractivity contribution in [1.29, 1.82) is 0 Å². The number of hydrogen-bond donors (Lipinski definition) is 1. The van der Waals surface area contributed by atoms with Crippen molar-refractivity contribution in [2.75, 3.05) is 19.1 Å². The van der Waals surface area contributed by atoms with Crippen LogP contribution in [0.5, 0.6) is 11.5 Å². The summed E-state index contributed by atoms with van der Waals surface area (Å²) >= 11 is 1.44. The minimum Gasteiger partial charge on any atom is -0.507 e. The van der Waals surface area contributed by atoms with Crippen LogP contribution >= 0.6 is 11.3 Å². The number of aryl methyl sites for hydroxylation is 1. The molecule has 1 aliphatic heterocycles. The highest BCUT2D eigenvalue weighted by atomic mass is 32.1. The molecule has 6 nitrogen and oxygen atoms in total. The van der Waals surface area contributed by atoms with Crippen LogP contribution in [0.25, 0.3) is 5.76 Å².